The van der Waals surface area contributed by atoms with Crippen LogP contribution < -0.4 is 4.90 Å². The summed E-state index contributed by atoms with van der Waals surface area (Å²) in [5, 5.41) is 10.9. The van der Waals surface area contributed by atoms with Crippen LogP contribution in [0.1, 0.15) is 28.2 Å². The SMILES string of the molecule is O=C(O)c1ccc(N(Cc2cccs2)C2CC2)cn1. The third kappa shape index (κ3) is 2.76. The largest absolute Gasteiger partial charge is 0.477 e. The predicted molar refractivity (Wildman–Crippen MR) is 74.7 cm³/mol. The number of carboxylic acids is 1. The Bertz CT molecular complexity index is 562. The van der Waals surface area contributed by atoms with Crippen molar-refractivity contribution in [2.24, 2.45) is 0 Å². The van der Waals surface area contributed by atoms with E-state index in [2.05, 4.69) is 27.4 Å². The van der Waals surface area contributed by atoms with Gasteiger partial charge in [0.1, 0.15) is 5.69 Å². The van der Waals surface area contributed by atoms with Gasteiger partial charge in [0.15, 0.2) is 0 Å². The molecule has 2 heterocycles. The number of hydrogen-bond acceptors (Lipinski definition) is 4. The molecule has 0 amide bonds. The van der Waals surface area contributed by atoms with Gasteiger partial charge >= 0.3 is 5.97 Å². The van der Waals surface area contributed by atoms with Gasteiger partial charge in [0.25, 0.3) is 0 Å². The van der Waals surface area contributed by atoms with Crippen molar-refractivity contribution < 1.29 is 9.90 Å². The highest BCUT2D eigenvalue weighted by atomic mass is 32.1. The van der Waals surface area contributed by atoms with Crippen molar-refractivity contribution in [2.75, 3.05) is 4.90 Å². The molecule has 2 aromatic heterocycles. The summed E-state index contributed by atoms with van der Waals surface area (Å²) in [5.41, 5.74) is 1.09. The summed E-state index contributed by atoms with van der Waals surface area (Å²) in [6.07, 6.45) is 4.06. The maximum atomic E-state index is 10.8. The first-order valence-corrected chi connectivity index (χ1v) is 7.10. The molecule has 1 aliphatic carbocycles. The van der Waals surface area contributed by atoms with E-state index in [9.17, 15) is 4.79 Å². The molecule has 0 aliphatic heterocycles. The fraction of sp³-hybridized carbons (Fsp3) is 0.286. The molecule has 1 fully saturated rings. The van der Waals surface area contributed by atoms with Crippen molar-refractivity contribution in [1.29, 1.82) is 0 Å². The Morgan fingerprint density at radius 3 is 2.79 bits per heavy atom. The van der Waals surface area contributed by atoms with Gasteiger partial charge in [0.05, 0.1) is 18.4 Å². The van der Waals surface area contributed by atoms with Crippen LogP contribution in [0.15, 0.2) is 35.8 Å². The number of carbonyl (C=O) groups is 1. The molecule has 0 saturated heterocycles. The molecule has 0 spiro atoms. The van der Waals surface area contributed by atoms with E-state index in [4.69, 9.17) is 5.11 Å². The number of thiophene rings is 1. The third-order valence-corrected chi connectivity index (χ3v) is 4.05. The Morgan fingerprint density at radius 1 is 1.42 bits per heavy atom. The lowest BCUT2D eigenvalue weighted by Crippen LogP contribution is -2.24. The molecular formula is C14H14N2O2S. The smallest absolute Gasteiger partial charge is 0.354 e. The summed E-state index contributed by atoms with van der Waals surface area (Å²) in [4.78, 5) is 18.4. The van der Waals surface area contributed by atoms with Crippen molar-refractivity contribution in [2.45, 2.75) is 25.4 Å². The lowest BCUT2D eigenvalue weighted by Gasteiger charge is -2.23. The van der Waals surface area contributed by atoms with Gasteiger partial charge in [-0.05, 0) is 36.4 Å². The minimum atomic E-state index is -0.984. The van der Waals surface area contributed by atoms with Crippen molar-refractivity contribution in [3.05, 3.63) is 46.4 Å². The standard InChI is InChI=1S/C14H14N2O2S/c17-14(18)13-6-5-11(8-15-13)16(10-3-4-10)9-12-2-1-7-19-12/h1-2,5-8,10H,3-4,9H2,(H,17,18). The zero-order valence-electron chi connectivity index (χ0n) is 10.3. The molecule has 0 radical (unpaired) electrons. The molecule has 0 atom stereocenters. The van der Waals surface area contributed by atoms with Crippen LogP contribution in [0, 0.1) is 0 Å². The zero-order chi connectivity index (χ0) is 13.2. The second kappa shape index (κ2) is 5.01. The maximum Gasteiger partial charge on any atom is 0.354 e. The van der Waals surface area contributed by atoms with E-state index in [0.717, 1.165) is 12.2 Å². The molecule has 1 N–H and O–H groups in total. The molecule has 19 heavy (non-hydrogen) atoms. The highest BCUT2D eigenvalue weighted by Crippen LogP contribution is 2.33. The monoisotopic (exact) mass is 274 g/mol. The molecule has 0 unspecified atom stereocenters. The van der Waals surface area contributed by atoms with Crippen molar-refractivity contribution in [1.82, 2.24) is 4.98 Å². The topological polar surface area (TPSA) is 53.4 Å². The minimum Gasteiger partial charge on any atom is -0.477 e. The quantitative estimate of drug-likeness (QED) is 0.910. The number of aromatic carboxylic acids is 1. The molecule has 4 nitrogen and oxygen atoms in total. The van der Waals surface area contributed by atoms with Gasteiger partial charge in [-0.25, -0.2) is 9.78 Å². The summed E-state index contributed by atoms with van der Waals surface area (Å²) in [7, 11) is 0. The van der Waals surface area contributed by atoms with Gasteiger partial charge in [0.2, 0.25) is 0 Å². The molecule has 2 aromatic rings. The van der Waals surface area contributed by atoms with Crippen LogP contribution in [0.3, 0.4) is 0 Å². The molecule has 98 valence electrons. The number of pyridine rings is 1. The van der Waals surface area contributed by atoms with Crippen LogP contribution in [0.25, 0.3) is 0 Å². The fourth-order valence-corrected chi connectivity index (χ4v) is 2.77. The first-order valence-electron chi connectivity index (χ1n) is 6.22. The number of carboxylic acid groups (broad SMARTS) is 1. The van der Waals surface area contributed by atoms with Gasteiger partial charge < -0.3 is 10.0 Å². The average Bonchev–Trinajstić information content (AvgIpc) is 3.13. The Balaban J connectivity index is 1.81. The Hall–Kier alpha value is -1.88. The summed E-state index contributed by atoms with van der Waals surface area (Å²) in [6, 6.07) is 8.17. The van der Waals surface area contributed by atoms with E-state index in [-0.39, 0.29) is 5.69 Å². The van der Waals surface area contributed by atoms with E-state index >= 15 is 0 Å². The number of anilines is 1. The third-order valence-electron chi connectivity index (χ3n) is 3.19. The number of rotatable bonds is 5. The maximum absolute atomic E-state index is 10.8. The number of nitrogens with zero attached hydrogens (tertiary/aromatic N) is 2. The van der Waals surface area contributed by atoms with Crippen LogP contribution in [0.4, 0.5) is 5.69 Å². The van der Waals surface area contributed by atoms with Gasteiger partial charge in [0, 0.05) is 10.9 Å². The molecule has 5 heteroatoms. The molecule has 1 saturated carbocycles. The zero-order valence-corrected chi connectivity index (χ0v) is 11.1. The molecular weight excluding hydrogens is 260 g/mol. The summed E-state index contributed by atoms with van der Waals surface area (Å²) in [5.74, 6) is -0.984. The van der Waals surface area contributed by atoms with E-state index in [1.807, 2.05) is 6.07 Å². The first kappa shape index (κ1) is 12.2. The Kier molecular flexibility index (Phi) is 3.21. The van der Waals surface area contributed by atoms with Crippen LogP contribution in [-0.4, -0.2) is 22.1 Å². The highest BCUT2D eigenvalue weighted by Gasteiger charge is 2.29. The molecule has 0 aromatic carbocycles. The summed E-state index contributed by atoms with van der Waals surface area (Å²) in [6.45, 7) is 0.871. The highest BCUT2D eigenvalue weighted by molar-refractivity contribution is 7.09. The first-order chi connectivity index (χ1) is 9.24. The van der Waals surface area contributed by atoms with Crippen LogP contribution >= 0.6 is 11.3 Å². The van der Waals surface area contributed by atoms with Crippen LogP contribution in [0.5, 0.6) is 0 Å². The van der Waals surface area contributed by atoms with E-state index in [1.54, 1.807) is 23.6 Å². The van der Waals surface area contributed by atoms with Crippen LogP contribution in [-0.2, 0) is 6.54 Å². The summed E-state index contributed by atoms with van der Waals surface area (Å²) < 4.78 is 0. The summed E-state index contributed by atoms with van der Waals surface area (Å²) >= 11 is 1.74. The van der Waals surface area contributed by atoms with Crippen molar-refractivity contribution in [3.63, 3.8) is 0 Å². The lowest BCUT2D eigenvalue weighted by molar-refractivity contribution is 0.0690. The molecule has 0 bridgehead atoms. The predicted octanol–water partition coefficient (Wildman–Crippen LogP) is 3.01. The van der Waals surface area contributed by atoms with Gasteiger partial charge in [-0.2, -0.15) is 0 Å². The van der Waals surface area contributed by atoms with Gasteiger partial charge in [-0.1, -0.05) is 6.07 Å². The van der Waals surface area contributed by atoms with Crippen molar-refractivity contribution in [3.8, 4) is 0 Å². The minimum absolute atomic E-state index is 0.0932. The average molecular weight is 274 g/mol. The van der Waals surface area contributed by atoms with Crippen molar-refractivity contribution >= 4 is 23.0 Å². The van der Waals surface area contributed by atoms with Gasteiger partial charge in [-0.3, -0.25) is 0 Å². The molecule has 3 rings (SSSR count). The lowest BCUT2D eigenvalue weighted by atomic mass is 10.3. The number of hydrogen-bond donors (Lipinski definition) is 1. The fourth-order valence-electron chi connectivity index (χ4n) is 2.07. The Morgan fingerprint density at radius 2 is 2.26 bits per heavy atom. The normalized spacial score (nSPS) is 14.3. The Labute approximate surface area is 115 Å². The van der Waals surface area contributed by atoms with E-state index in [1.165, 1.54) is 17.7 Å². The van der Waals surface area contributed by atoms with E-state index < -0.39 is 5.97 Å². The molecule has 1 aliphatic rings. The second-order valence-electron chi connectivity index (χ2n) is 4.65. The van der Waals surface area contributed by atoms with Crippen LogP contribution in [0.2, 0.25) is 0 Å². The van der Waals surface area contributed by atoms with E-state index in [0.29, 0.717) is 6.04 Å². The second-order valence-corrected chi connectivity index (χ2v) is 5.68. The van der Waals surface area contributed by atoms with Gasteiger partial charge in [-0.15, -0.1) is 11.3 Å². The number of aromatic nitrogens is 1.